The number of ether oxygens (including phenoxy) is 1. The molecule has 0 aliphatic heterocycles. The van der Waals surface area contributed by atoms with Crippen molar-refractivity contribution in [3.8, 4) is 5.75 Å². The topological polar surface area (TPSA) is 38.3 Å². The van der Waals surface area contributed by atoms with Crippen LogP contribution in [-0.2, 0) is 10.2 Å². The van der Waals surface area contributed by atoms with Crippen LogP contribution in [0.1, 0.15) is 58.2 Å². The van der Waals surface area contributed by atoms with Crippen LogP contribution in [0.2, 0.25) is 0 Å². The van der Waals surface area contributed by atoms with Crippen molar-refractivity contribution in [2.75, 3.05) is 0 Å². The van der Waals surface area contributed by atoms with Crippen LogP contribution in [0.15, 0.2) is 54.6 Å². The van der Waals surface area contributed by atoms with Crippen molar-refractivity contribution in [3.63, 3.8) is 0 Å². The van der Waals surface area contributed by atoms with Gasteiger partial charge in [0.1, 0.15) is 5.75 Å². The summed E-state index contributed by atoms with van der Waals surface area (Å²) in [4.78, 5) is 12.5. The number of benzene rings is 2. The van der Waals surface area contributed by atoms with Gasteiger partial charge in [0.15, 0.2) is 6.10 Å². The summed E-state index contributed by atoms with van der Waals surface area (Å²) in [6.07, 6.45) is 0.293. The van der Waals surface area contributed by atoms with Crippen LogP contribution in [-0.4, -0.2) is 12.0 Å². The first-order valence-corrected chi connectivity index (χ1v) is 8.93. The van der Waals surface area contributed by atoms with Crippen molar-refractivity contribution < 1.29 is 9.53 Å². The number of rotatable bonds is 6. The summed E-state index contributed by atoms with van der Waals surface area (Å²) in [6, 6.07) is 18.0. The number of amides is 1. The van der Waals surface area contributed by atoms with E-state index >= 15 is 0 Å². The Morgan fingerprint density at radius 1 is 1.04 bits per heavy atom. The molecule has 134 valence electrons. The van der Waals surface area contributed by atoms with Gasteiger partial charge >= 0.3 is 0 Å². The van der Waals surface area contributed by atoms with E-state index in [1.807, 2.05) is 42.5 Å². The van der Waals surface area contributed by atoms with Crippen LogP contribution in [0.4, 0.5) is 0 Å². The molecule has 0 unspecified atom stereocenters. The Hall–Kier alpha value is -2.29. The average Bonchev–Trinajstić information content (AvgIpc) is 2.59. The van der Waals surface area contributed by atoms with Gasteiger partial charge in [0, 0.05) is 0 Å². The van der Waals surface area contributed by atoms with Gasteiger partial charge in [-0.2, -0.15) is 0 Å². The van der Waals surface area contributed by atoms with Crippen molar-refractivity contribution in [3.05, 3.63) is 65.7 Å². The lowest BCUT2D eigenvalue weighted by molar-refractivity contribution is -0.128. The van der Waals surface area contributed by atoms with Crippen molar-refractivity contribution >= 4 is 5.91 Å². The van der Waals surface area contributed by atoms with Crippen molar-refractivity contribution in [2.24, 2.45) is 0 Å². The second-order valence-corrected chi connectivity index (χ2v) is 7.41. The van der Waals surface area contributed by atoms with Gasteiger partial charge in [0.05, 0.1) is 6.04 Å². The zero-order valence-electron chi connectivity index (χ0n) is 15.9. The summed E-state index contributed by atoms with van der Waals surface area (Å²) in [6.45, 7) is 10.4. The summed E-state index contributed by atoms with van der Waals surface area (Å²) in [5, 5.41) is 3.07. The highest BCUT2D eigenvalue weighted by atomic mass is 16.5. The summed E-state index contributed by atoms with van der Waals surface area (Å²) in [5.74, 6) is 0.610. The smallest absolute Gasteiger partial charge is 0.261 e. The van der Waals surface area contributed by atoms with Gasteiger partial charge in [-0.05, 0) is 42.0 Å². The molecule has 3 heteroatoms. The first-order valence-electron chi connectivity index (χ1n) is 8.93. The van der Waals surface area contributed by atoms with Crippen LogP contribution in [0, 0.1) is 0 Å². The molecule has 3 nitrogen and oxygen atoms in total. The van der Waals surface area contributed by atoms with Gasteiger partial charge in [0.25, 0.3) is 5.91 Å². The third-order valence-corrected chi connectivity index (χ3v) is 4.33. The molecule has 0 heterocycles. The molecule has 0 aliphatic rings. The molecule has 0 aromatic heterocycles. The van der Waals surface area contributed by atoms with E-state index in [0.717, 1.165) is 12.0 Å². The molecule has 25 heavy (non-hydrogen) atoms. The van der Waals surface area contributed by atoms with Crippen molar-refractivity contribution in [2.45, 2.75) is 58.6 Å². The molecule has 0 radical (unpaired) electrons. The summed E-state index contributed by atoms with van der Waals surface area (Å²) < 4.78 is 5.81. The van der Waals surface area contributed by atoms with Gasteiger partial charge in [-0.15, -0.1) is 0 Å². The third-order valence-electron chi connectivity index (χ3n) is 4.33. The average molecular weight is 339 g/mol. The van der Waals surface area contributed by atoms with Gasteiger partial charge < -0.3 is 10.1 Å². The van der Waals surface area contributed by atoms with E-state index in [1.54, 1.807) is 6.92 Å². The fourth-order valence-corrected chi connectivity index (χ4v) is 2.69. The largest absolute Gasteiger partial charge is 0.481 e. The molecule has 0 spiro atoms. The Balaban J connectivity index is 1.98. The van der Waals surface area contributed by atoms with Crippen LogP contribution in [0.3, 0.4) is 0 Å². The molecule has 0 aliphatic carbocycles. The molecule has 2 rings (SSSR count). The van der Waals surface area contributed by atoms with Crippen LogP contribution < -0.4 is 10.1 Å². The molecule has 0 bridgehead atoms. The van der Waals surface area contributed by atoms with E-state index in [0.29, 0.717) is 5.75 Å². The van der Waals surface area contributed by atoms with E-state index in [9.17, 15) is 4.79 Å². The van der Waals surface area contributed by atoms with Gasteiger partial charge in [-0.3, -0.25) is 4.79 Å². The predicted molar refractivity (Wildman–Crippen MR) is 103 cm³/mol. The van der Waals surface area contributed by atoms with Gasteiger partial charge in [0.2, 0.25) is 0 Å². The fourth-order valence-electron chi connectivity index (χ4n) is 2.69. The molecule has 2 aromatic carbocycles. The number of hydrogen-bond donors (Lipinski definition) is 1. The Morgan fingerprint density at radius 3 is 2.16 bits per heavy atom. The van der Waals surface area contributed by atoms with Gasteiger partial charge in [-0.1, -0.05) is 70.2 Å². The molecule has 1 N–H and O–H groups in total. The molecule has 0 saturated heterocycles. The molecule has 1 amide bonds. The SMILES string of the molecule is CC[C@@H](NC(=O)[C@H](C)Oc1ccc(C(C)(C)C)cc1)c1ccccc1. The zero-order chi connectivity index (χ0) is 18.4. The van der Waals surface area contributed by atoms with Crippen molar-refractivity contribution in [1.29, 1.82) is 0 Å². The van der Waals surface area contributed by atoms with Crippen LogP contribution >= 0.6 is 0 Å². The minimum absolute atomic E-state index is 0.00279. The Labute approximate surface area is 151 Å². The monoisotopic (exact) mass is 339 g/mol. The number of hydrogen-bond acceptors (Lipinski definition) is 2. The standard InChI is InChI=1S/C22H29NO2/c1-6-20(17-10-8-7-9-11-17)23-21(24)16(2)25-19-14-12-18(13-15-19)22(3,4)5/h7-16,20H,6H2,1-5H3,(H,23,24)/t16-,20+/m0/s1. The molecule has 2 aromatic rings. The van der Waals surface area contributed by atoms with Crippen LogP contribution in [0.25, 0.3) is 0 Å². The van der Waals surface area contributed by atoms with E-state index in [4.69, 9.17) is 4.74 Å². The van der Waals surface area contributed by atoms with Crippen molar-refractivity contribution in [1.82, 2.24) is 5.32 Å². The second-order valence-electron chi connectivity index (χ2n) is 7.41. The number of nitrogens with one attached hydrogen (secondary N) is 1. The molecule has 2 atom stereocenters. The zero-order valence-corrected chi connectivity index (χ0v) is 15.9. The second kappa shape index (κ2) is 8.19. The Morgan fingerprint density at radius 2 is 1.64 bits per heavy atom. The maximum atomic E-state index is 12.5. The summed E-state index contributed by atoms with van der Waals surface area (Å²) >= 11 is 0. The van der Waals surface area contributed by atoms with E-state index in [1.165, 1.54) is 5.56 Å². The highest BCUT2D eigenvalue weighted by Crippen LogP contribution is 2.25. The first-order chi connectivity index (χ1) is 11.8. The minimum atomic E-state index is -0.543. The van der Waals surface area contributed by atoms with Gasteiger partial charge in [-0.25, -0.2) is 0 Å². The predicted octanol–water partition coefficient (Wildman–Crippen LogP) is 5.02. The minimum Gasteiger partial charge on any atom is -0.481 e. The lowest BCUT2D eigenvalue weighted by Gasteiger charge is -2.22. The quantitative estimate of drug-likeness (QED) is 0.802. The summed E-state index contributed by atoms with van der Waals surface area (Å²) in [5.41, 5.74) is 2.46. The molecule has 0 fully saturated rings. The number of carbonyl (C=O) groups excluding carboxylic acids is 1. The lowest BCUT2D eigenvalue weighted by Crippen LogP contribution is -2.38. The highest BCUT2D eigenvalue weighted by molar-refractivity contribution is 5.81. The normalized spacial score (nSPS) is 13.8. The third kappa shape index (κ3) is 5.35. The number of carbonyl (C=O) groups is 1. The molecular weight excluding hydrogens is 310 g/mol. The van der Waals surface area contributed by atoms with E-state index in [2.05, 4.69) is 45.1 Å². The first kappa shape index (κ1) is 19.0. The maximum Gasteiger partial charge on any atom is 0.261 e. The Bertz CT molecular complexity index is 671. The van der Waals surface area contributed by atoms with E-state index < -0.39 is 6.10 Å². The van der Waals surface area contributed by atoms with Crippen LogP contribution in [0.5, 0.6) is 5.75 Å². The molecular formula is C22H29NO2. The fraction of sp³-hybridized carbons (Fsp3) is 0.409. The highest BCUT2D eigenvalue weighted by Gasteiger charge is 2.20. The lowest BCUT2D eigenvalue weighted by atomic mass is 9.87. The van der Waals surface area contributed by atoms with E-state index in [-0.39, 0.29) is 17.4 Å². The summed E-state index contributed by atoms with van der Waals surface area (Å²) in [7, 11) is 0. The molecule has 0 saturated carbocycles. The Kier molecular flexibility index (Phi) is 6.24. The maximum absolute atomic E-state index is 12.5.